The molecular formula is C6H5BrFNO2S. The van der Waals surface area contributed by atoms with Gasteiger partial charge in [0.25, 0.3) is 0 Å². The van der Waals surface area contributed by atoms with Gasteiger partial charge in [0.15, 0.2) is 0 Å². The van der Waals surface area contributed by atoms with Gasteiger partial charge in [-0.3, -0.25) is 0 Å². The minimum Gasteiger partial charge on any atom is -0.248 e. The van der Waals surface area contributed by atoms with E-state index in [1.807, 2.05) is 0 Å². The average Bonchev–Trinajstić information content (AvgIpc) is 1.83. The largest absolute Gasteiger partial charge is 0.333 e. The molecule has 66 valence electrons. The Bertz CT molecular complexity index is 404. The number of nitrogens with zero attached hydrogens (tertiary/aromatic N) is 1. The summed E-state index contributed by atoms with van der Waals surface area (Å²) in [6, 6.07) is 1.44. The molecule has 3 nitrogen and oxygen atoms in total. The van der Waals surface area contributed by atoms with E-state index in [-0.39, 0.29) is 4.90 Å². The Morgan fingerprint density at radius 2 is 2.17 bits per heavy atom. The number of aryl methyl sites for hydroxylation is 1. The predicted molar refractivity (Wildman–Crippen MR) is 45.0 cm³/mol. The van der Waals surface area contributed by atoms with Gasteiger partial charge in [0.1, 0.15) is 9.50 Å². The Morgan fingerprint density at radius 3 is 2.58 bits per heavy atom. The molecule has 0 spiro atoms. The highest BCUT2D eigenvalue weighted by Crippen LogP contribution is 2.18. The Labute approximate surface area is 78.0 Å². The number of halogens is 2. The Balaban J connectivity index is 3.39. The molecule has 1 rings (SSSR count). The fourth-order valence-corrected chi connectivity index (χ4v) is 1.83. The van der Waals surface area contributed by atoms with E-state index >= 15 is 0 Å². The summed E-state index contributed by atoms with van der Waals surface area (Å²) >= 11 is 3.03. The van der Waals surface area contributed by atoms with E-state index in [4.69, 9.17) is 0 Å². The van der Waals surface area contributed by atoms with Crippen LogP contribution in [0.5, 0.6) is 0 Å². The van der Waals surface area contributed by atoms with Crippen molar-refractivity contribution in [3.63, 3.8) is 0 Å². The van der Waals surface area contributed by atoms with Crippen LogP contribution in [-0.2, 0) is 10.2 Å². The highest BCUT2D eigenvalue weighted by atomic mass is 79.9. The molecule has 0 aliphatic rings. The van der Waals surface area contributed by atoms with E-state index < -0.39 is 10.2 Å². The van der Waals surface area contributed by atoms with Gasteiger partial charge in [-0.25, -0.2) is 4.98 Å². The van der Waals surface area contributed by atoms with Gasteiger partial charge in [0.2, 0.25) is 0 Å². The quantitative estimate of drug-likeness (QED) is 0.567. The maximum absolute atomic E-state index is 12.4. The van der Waals surface area contributed by atoms with Gasteiger partial charge >= 0.3 is 10.2 Å². The lowest BCUT2D eigenvalue weighted by Gasteiger charge is -1.99. The maximum atomic E-state index is 12.4. The summed E-state index contributed by atoms with van der Waals surface area (Å²) < 4.78 is 33.8. The van der Waals surface area contributed by atoms with Crippen molar-refractivity contribution in [3.05, 3.63) is 22.4 Å². The van der Waals surface area contributed by atoms with Crippen LogP contribution in [0.3, 0.4) is 0 Å². The third-order valence-electron chi connectivity index (χ3n) is 1.29. The van der Waals surface area contributed by atoms with E-state index in [2.05, 4.69) is 20.9 Å². The molecule has 0 bridgehead atoms. The van der Waals surface area contributed by atoms with Crippen molar-refractivity contribution in [2.45, 2.75) is 11.8 Å². The third-order valence-corrected chi connectivity index (χ3v) is 2.68. The van der Waals surface area contributed by atoms with Gasteiger partial charge in [-0.05, 0) is 34.5 Å². The zero-order valence-corrected chi connectivity index (χ0v) is 8.49. The topological polar surface area (TPSA) is 47.0 Å². The van der Waals surface area contributed by atoms with Crippen molar-refractivity contribution in [1.82, 2.24) is 4.98 Å². The van der Waals surface area contributed by atoms with Crippen molar-refractivity contribution < 1.29 is 12.3 Å². The van der Waals surface area contributed by atoms with Crippen LogP contribution in [0, 0.1) is 6.92 Å². The highest BCUT2D eigenvalue weighted by Gasteiger charge is 2.15. The van der Waals surface area contributed by atoms with Crippen LogP contribution in [0.2, 0.25) is 0 Å². The van der Waals surface area contributed by atoms with Crippen LogP contribution in [-0.4, -0.2) is 13.4 Å². The van der Waals surface area contributed by atoms with E-state index in [0.29, 0.717) is 10.2 Å². The standard InChI is InChI=1S/C6H5BrFNO2S/c1-4-2-6(7)9-3-5(4)12(8,10)11/h2-3H,1H3. The van der Waals surface area contributed by atoms with Crippen LogP contribution in [0.15, 0.2) is 21.8 Å². The summed E-state index contributed by atoms with van der Waals surface area (Å²) in [5.41, 5.74) is 0.333. The Morgan fingerprint density at radius 1 is 1.58 bits per heavy atom. The highest BCUT2D eigenvalue weighted by molar-refractivity contribution is 9.10. The Hall–Kier alpha value is -0.490. The first kappa shape index (κ1) is 9.60. The zero-order chi connectivity index (χ0) is 9.35. The number of pyridine rings is 1. The summed E-state index contributed by atoms with van der Waals surface area (Å²) in [5.74, 6) is 0. The molecule has 1 heterocycles. The minimum absolute atomic E-state index is 0.333. The SMILES string of the molecule is Cc1cc(Br)ncc1S(=O)(=O)F. The van der Waals surface area contributed by atoms with Crippen LogP contribution in [0.1, 0.15) is 5.56 Å². The molecular weight excluding hydrogens is 249 g/mol. The van der Waals surface area contributed by atoms with Crippen molar-refractivity contribution in [2.24, 2.45) is 0 Å². The lowest BCUT2D eigenvalue weighted by molar-refractivity contribution is 0.551. The molecule has 6 heteroatoms. The molecule has 0 aliphatic heterocycles. The smallest absolute Gasteiger partial charge is 0.248 e. The summed E-state index contributed by atoms with van der Waals surface area (Å²) in [7, 11) is -4.63. The molecule has 0 fully saturated rings. The summed E-state index contributed by atoms with van der Waals surface area (Å²) in [6.07, 6.45) is 0.981. The lowest BCUT2D eigenvalue weighted by atomic mass is 10.3. The molecule has 1 aromatic rings. The van der Waals surface area contributed by atoms with Crippen LogP contribution in [0.25, 0.3) is 0 Å². The van der Waals surface area contributed by atoms with Crippen molar-refractivity contribution >= 4 is 26.2 Å². The van der Waals surface area contributed by atoms with Crippen LogP contribution in [0.4, 0.5) is 3.89 Å². The van der Waals surface area contributed by atoms with E-state index in [1.165, 1.54) is 13.0 Å². The van der Waals surface area contributed by atoms with E-state index in [9.17, 15) is 12.3 Å². The number of rotatable bonds is 1. The molecule has 0 aliphatic carbocycles. The second-order valence-corrected chi connectivity index (χ2v) is 4.34. The lowest BCUT2D eigenvalue weighted by Crippen LogP contribution is -1.96. The molecule has 0 aromatic carbocycles. The monoisotopic (exact) mass is 253 g/mol. The number of hydrogen-bond donors (Lipinski definition) is 0. The zero-order valence-electron chi connectivity index (χ0n) is 6.08. The van der Waals surface area contributed by atoms with Crippen molar-refractivity contribution in [1.29, 1.82) is 0 Å². The molecule has 0 N–H and O–H groups in total. The van der Waals surface area contributed by atoms with Gasteiger partial charge in [-0.15, -0.1) is 3.89 Å². The molecule has 0 amide bonds. The van der Waals surface area contributed by atoms with Gasteiger partial charge in [-0.2, -0.15) is 8.42 Å². The van der Waals surface area contributed by atoms with Gasteiger partial charge in [0, 0.05) is 6.20 Å². The first-order chi connectivity index (χ1) is 5.41. The average molecular weight is 254 g/mol. The fraction of sp³-hybridized carbons (Fsp3) is 0.167. The number of aromatic nitrogens is 1. The molecule has 0 atom stereocenters. The molecule has 0 saturated carbocycles. The molecule has 1 aromatic heterocycles. The number of hydrogen-bond acceptors (Lipinski definition) is 3. The summed E-state index contributed by atoms with van der Waals surface area (Å²) in [5, 5.41) is 0. The normalized spacial score (nSPS) is 11.6. The summed E-state index contributed by atoms with van der Waals surface area (Å²) in [4.78, 5) is 3.22. The third kappa shape index (κ3) is 2.01. The Kier molecular flexibility index (Phi) is 2.48. The van der Waals surface area contributed by atoms with E-state index in [0.717, 1.165) is 6.20 Å². The van der Waals surface area contributed by atoms with Gasteiger partial charge < -0.3 is 0 Å². The molecule has 12 heavy (non-hydrogen) atoms. The first-order valence-corrected chi connectivity index (χ1v) is 5.16. The van der Waals surface area contributed by atoms with E-state index in [1.54, 1.807) is 0 Å². The van der Waals surface area contributed by atoms with Crippen molar-refractivity contribution in [3.8, 4) is 0 Å². The second kappa shape index (κ2) is 3.10. The molecule has 0 saturated heterocycles. The fourth-order valence-electron chi connectivity index (χ4n) is 0.764. The van der Waals surface area contributed by atoms with Crippen molar-refractivity contribution in [2.75, 3.05) is 0 Å². The van der Waals surface area contributed by atoms with Gasteiger partial charge in [-0.1, -0.05) is 0 Å². The molecule has 0 radical (unpaired) electrons. The molecule has 0 unspecified atom stereocenters. The summed E-state index contributed by atoms with van der Waals surface area (Å²) in [6.45, 7) is 1.50. The maximum Gasteiger partial charge on any atom is 0.333 e. The van der Waals surface area contributed by atoms with Crippen LogP contribution < -0.4 is 0 Å². The van der Waals surface area contributed by atoms with Gasteiger partial charge in [0.05, 0.1) is 0 Å². The second-order valence-electron chi connectivity index (χ2n) is 2.21. The minimum atomic E-state index is -4.63. The van der Waals surface area contributed by atoms with Crippen LogP contribution >= 0.6 is 15.9 Å². The predicted octanol–water partition coefficient (Wildman–Crippen LogP) is 1.81. The first-order valence-electron chi connectivity index (χ1n) is 2.98.